The van der Waals surface area contributed by atoms with Gasteiger partial charge < -0.3 is 15.4 Å². The van der Waals surface area contributed by atoms with Crippen molar-refractivity contribution in [2.45, 2.75) is 25.7 Å². The molecule has 11 heteroatoms. The summed E-state index contributed by atoms with van der Waals surface area (Å²) in [5.41, 5.74) is -0.532. The highest BCUT2D eigenvalue weighted by atomic mass is 19.4. The number of aromatic nitrogens is 3. The van der Waals surface area contributed by atoms with Gasteiger partial charge in [0.2, 0.25) is 12.2 Å². The van der Waals surface area contributed by atoms with E-state index in [-0.39, 0.29) is 12.1 Å². The molecule has 1 aromatic carbocycles. The van der Waals surface area contributed by atoms with E-state index in [2.05, 4.69) is 15.4 Å². The van der Waals surface area contributed by atoms with E-state index in [0.29, 0.717) is 0 Å². The molecule has 2 rings (SSSR count). The molecule has 1 atom stereocenters. The van der Waals surface area contributed by atoms with Crippen molar-refractivity contribution < 1.29 is 22.9 Å². The molecule has 0 saturated carbocycles. The number of nitrogens with zero attached hydrogens (tertiary/aromatic N) is 4. The number of amides is 1. The Morgan fingerprint density at radius 2 is 2.17 bits per heavy atom. The quantitative estimate of drug-likeness (QED) is 0.661. The summed E-state index contributed by atoms with van der Waals surface area (Å²) in [7, 11) is 0. The summed E-state index contributed by atoms with van der Waals surface area (Å²) in [6, 6.07) is 3.92. The van der Waals surface area contributed by atoms with E-state index in [4.69, 9.17) is 0 Å². The van der Waals surface area contributed by atoms with Crippen LogP contribution >= 0.6 is 0 Å². The molecule has 0 fully saturated rings. The molecular formula is C13H12F3N5O3. The molecule has 0 aliphatic carbocycles. The fraction of sp³-hybridized carbons (Fsp3) is 0.308. The van der Waals surface area contributed by atoms with Crippen molar-refractivity contribution in [2.24, 2.45) is 0 Å². The average molecular weight is 343 g/mol. The molecule has 1 aromatic heterocycles. The number of alkyl halides is 3. The lowest BCUT2D eigenvalue weighted by Crippen LogP contribution is -2.30. The van der Waals surface area contributed by atoms with Gasteiger partial charge in [0, 0.05) is 5.10 Å². The van der Waals surface area contributed by atoms with Crippen LogP contribution in [0.2, 0.25) is 0 Å². The van der Waals surface area contributed by atoms with Crippen molar-refractivity contribution in [1.29, 1.82) is 0 Å². The van der Waals surface area contributed by atoms with Gasteiger partial charge in [0.05, 0.1) is 11.6 Å². The zero-order chi connectivity index (χ0) is 17.9. The van der Waals surface area contributed by atoms with Crippen LogP contribution < -0.4 is 5.32 Å². The normalized spacial score (nSPS) is 12.7. The van der Waals surface area contributed by atoms with Gasteiger partial charge in [-0.1, -0.05) is 17.1 Å². The highest BCUT2D eigenvalue weighted by molar-refractivity contribution is 5.76. The standard InChI is InChI=1S/C13H12F3N5O3/c1-8(9-3-2-4-10(5-9)13(14,15)16)18-11(22)6-20-7-17-12(19-20)21(23)24/h2-5,7-8H,6H2,1H3,(H,18,22). The Morgan fingerprint density at radius 3 is 2.75 bits per heavy atom. The fourth-order valence-corrected chi connectivity index (χ4v) is 1.95. The third kappa shape index (κ3) is 4.27. The molecule has 24 heavy (non-hydrogen) atoms. The predicted octanol–water partition coefficient (Wildman–Crippen LogP) is 2.08. The predicted molar refractivity (Wildman–Crippen MR) is 74.7 cm³/mol. The van der Waals surface area contributed by atoms with E-state index in [1.54, 1.807) is 0 Å². The Hall–Kier alpha value is -2.98. The van der Waals surface area contributed by atoms with Gasteiger partial charge in [0.15, 0.2) is 0 Å². The molecule has 0 radical (unpaired) electrons. The molecule has 0 saturated heterocycles. The Morgan fingerprint density at radius 1 is 1.46 bits per heavy atom. The lowest BCUT2D eigenvalue weighted by Gasteiger charge is -2.15. The third-order valence-electron chi connectivity index (χ3n) is 3.08. The summed E-state index contributed by atoms with van der Waals surface area (Å²) in [4.78, 5) is 24.9. The molecule has 1 amide bonds. The third-order valence-corrected chi connectivity index (χ3v) is 3.08. The average Bonchev–Trinajstić information content (AvgIpc) is 2.95. The summed E-state index contributed by atoms with van der Waals surface area (Å²) in [5.74, 6) is -1.21. The number of hydrogen-bond donors (Lipinski definition) is 1. The summed E-state index contributed by atoms with van der Waals surface area (Å²) in [6.07, 6.45) is -3.45. The van der Waals surface area contributed by atoms with E-state index in [0.717, 1.165) is 23.1 Å². The summed E-state index contributed by atoms with van der Waals surface area (Å²) in [6.45, 7) is 1.18. The Bertz CT molecular complexity index is 759. The maximum atomic E-state index is 12.7. The van der Waals surface area contributed by atoms with E-state index >= 15 is 0 Å². The van der Waals surface area contributed by atoms with Gasteiger partial charge in [-0.15, -0.1) is 0 Å². The molecular weight excluding hydrogens is 331 g/mol. The molecule has 0 bridgehead atoms. The Labute approximate surface area is 133 Å². The van der Waals surface area contributed by atoms with Gasteiger partial charge >= 0.3 is 12.1 Å². The first-order valence-corrected chi connectivity index (χ1v) is 6.67. The number of carbonyl (C=O) groups is 1. The van der Waals surface area contributed by atoms with Crippen molar-refractivity contribution >= 4 is 11.9 Å². The van der Waals surface area contributed by atoms with Crippen LogP contribution in [-0.2, 0) is 17.5 Å². The van der Waals surface area contributed by atoms with Crippen molar-refractivity contribution in [3.8, 4) is 0 Å². The highest BCUT2D eigenvalue weighted by Crippen LogP contribution is 2.30. The molecule has 1 heterocycles. The van der Waals surface area contributed by atoms with Crippen LogP contribution in [0.3, 0.4) is 0 Å². The van der Waals surface area contributed by atoms with Crippen molar-refractivity contribution in [1.82, 2.24) is 20.1 Å². The fourth-order valence-electron chi connectivity index (χ4n) is 1.95. The van der Waals surface area contributed by atoms with Crippen LogP contribution in [0, 0.1) is 10.1 Å². The van der Waals surface area contributed by atoms with Crippen molar-refractivity contribution in [3.63, 3.8) is 0 Å². The summed E-state index contributed by atoms with van der Waals surface area (Å²) in [5, 5.41) is 16.4. The molecule has 0 aliphatic heterocycles. The second-order valence-electron chi connectivity index (χ2n) is 4.91. The van der Waals surface area contributed by atoms with E-state index < -0.39 is 34.6 Å². The maximum Gasteiger partial charge on any atom is 0.490 e. The molecule has 8 nitrogen and oxygen atoms in total. The number of rotatable bonds is 5. The molecule has 1 unspecified atom stereocenters. The van der Waals surface area contributed by atoms with Gasteiger partial charge in [0.25, 0.3) is 0 Å². The van der Waals surface area contributed by atoms with Crippen LogP contribution in [0.1, 0.15) is 24.1 Å². The Kier molecular flexibility index (Phi) is 4.81. The zero-order valence-corrected chi connectivity index (χ0v) is 12.3. The maximum absolute atomic E-state index is 12.7. The number of benzene rings is 1. The number of carbonyl (C=O) groups excluding carboxylic acids is 1. The largest absolute Gasteiger partial charge is 0.490 e. The van der Waals surface area contributed by atoms with Crippen molar-refractivity contribution in [2.75, 3.05) is 0 Å². The SMILES string of the molecule is CC(NC(=O)Cn1cnc([N+](=O)[O-])n1)c1cccc(C(F)(F)F)c1. The van der Waals surface area contributed by atoms with Gasteiger partial charge in [-0.05, 0) is 29.5 Å². The first-order chi connectivity index (χ1) is 11.2. The van der Waals surface area contributed by atoms with Crippen LogP contribution in [-0.4, -0.2) is 25.6 Å². The van der Waals surface area contributed by atoms with Crippen molar-refractivity contribution in [3.05, 3.63) is 51.8 Å². The number of hydrogen-bond acceptors (Lipinski definition) is 5. The van der Waals surface area contributed by atoms with Gasteiger partial charge in [-0.2, -0.15) is 17.9 Å². The molecule has 128 valence electrons. The topological polar surface area (TPSA) is 103 Å². The van der Waals surface area contributed by atoms with Crippen LogP contribution in [0.15, 0.2) is 30.6 Å². The number of nitrogens with one attached hydrogen (secondary N) is 1. The van der Waals surface area contributed by atoms with Gasteiger partial charge in [-0.3, -0.25) is 4.79 Å². The summed E-state index contributed by atoms with van der Waals surface area (Å²) >= 11 is 0. The van der Waals surface area contributed by atoms with Crippen LogP contribution in [0.25, 0.3) is 0 Å². The van der Waals surface area contributed by atoms with E-state index in [9.17, 15) is 28.1 Å². The molecule has 1 N–H and O–H groups in total. The Balaban J connectivity index is 2.02. The molecule has 2 aromatic rings. The van der Waals surface area contributed by atoms with Crippen LogP contribution in [0.5, 0.6) is 0 Å². The number of nitro groups is 1. The smallest absolute Gasteiger partial charge is 0.390 e. The van der Waals surface area contributed by atoms with Gasteiger partial charge in [0.1, 0.15) is 6.54 Å². The van der Waals surface area contributed by atoms with E-state index in [1.807, 2.05) is 0 Å². The lowest BCUT2D eigenvalue weighted by atomic mass is 10.0. The van der Waals surface area contributed by atoms with Crippen LogP contribution in [0.4, 0.5) is 19.1 Å². The minimum atomic E-state index is -4.47. The second kappa shape index (κ2) is 6.64. The second-order valence-corrected chi connectivity index (χ2v) is 4.91. The minimum absolute atomic E-state index is 0.280. The highest BCUT2D eigenvalue weighted by Gasteiger charge is 2.30. The first-order valence-electron chi connectivity index (χ1n) is 6.67. The lowest BCUT2D eigenvalue weighted by molar-refractivity contribution is -0.394. The summed E-state index contributed by atoms with van der Waals surface area (Å²) < 4.78 is 39.0. The van der Waals surface area contributed by atoms with Gasteiger partial charge in [-0.25, -0.2) is 0 Å². The van der Waals surface area contributed by atoms with E-state index in [1.165, 1.54) is 19.1 Å². The zero-order valence-electron chi connectivity index (χ0n) is 12.3. The monoisotopic (exact) mass is 343 g/mol. The molecule has 0 aliphatic rings. The molecule has 0 spiro atoms. The minimum Gasteiger partial charge on any atom is -0.390 e. The first kappa shape index (κ1) is 17.4. The number of halogens is 3.